The first-order valence-corrected chi connectivity index (χ1v) is 10.7. The number of benzene rings is 3. The fourth-order valence-corrected chi connectivity index (χ4v) is 4.95. The molecule has 156 valence electrons. The number of hydrogen-bond acceptors (Lipinski definition) is 3. The van der Waals surface area contributed by atoms with Crippen LogP contribution in [0.3, 0.4) is 0 Å². The van der Waals surface area contributed by atoms with Gasteiger partial charge in [0, 0.05) is 32.7 Å². The fraction of sp³-hybridized carbons (Fsp3) is 0.130. The molecule has 0 saturated carbocycles. The molecule has 2 aliphatic rings. The van der Waals surface area contributed by atoms with Crippen molar-refractivity contribution < 1.29 is 9.59 Å². The largest absolute Gasteiger partial charge is 0.342 e. The standard InChI is InChI=1S/C23H16Cl3N3O2/c24-14-3-1-2-13(8-14)11-23(17-6-4-15(25)9-19(17)28-22(23)31)29-12-21(30)27-18-7-5-16(26)10-20(18)29/h1-10H,11-12H2,(H,27,30)(H,28,31). The van der Waals surface area contributed by atoms with E-state index in [0.29, 0.717) is 38.6 Å². The Bertz CT molecular complexity index is 1250. The first-order valence-electron chi connectivity index (χ1n) is 9.60. The van der Waals surface area contributed by atoms with Gasteiger partial charge in [-0.1, -0.05) is 53.0 Å². The number of nitrogens with zero attached hydrogens (tertiary/aromatic N) is 1. The quantitative estimate of drug-likeness (QED) is 0.529. The molecule has 2 heterocycles. The van der Waals surface area contributed by atoms with E-state index in [-0.39, 0.29) is 18.4 Å². The zero-order valence-electron chi connectivity index (χ0n) is 16.1. The van der Waals surface area contributed by atoms with Gasteiger partial charge in [-0.3, -0.25) is 9.59 Å². The molecular formula is C23H16Cl3N3O2. The van der Waals surface area contributed by atoms with Gasteiger partial charge in [0.1, 0.15) is 0 Å². The van der Waals surface area contributed by atoms with E-state index >= 15 is 0 Å². The van der Waals surface area contributed by atoms with Crippen molar-refractivity contribution >= 4 is 63.7 Å². The minimum absolute atomic E-state index is 0.0105. The van der Waals surface area contributed by atoms with Crippen molar-refractivity contribution in [1.82, 2.24) is 0 Å². The predicted molar refractivity (Wildman–Crippen MR) is 124 cm³/mol. The van der Waals surface area contributed by atoms with Gasteiger partial charge in [-0.25, -0.2) is 0 Å². The minimum Gasteiger partial charge on any atom is -0.342 e. The lowest BCUT2D eigenvalue weighted by Crippen LogP contribution is -2.57. The second-order valence-electron chi connectivity index (χ2n) is 7.61. The smallest absolute Gasteiger partial charge is 0.255 e. The van der Waals surface area contributed by atoms with Gasteiger partial charge in [-0.15, -0.1) is 0 Å². The highest BCUT2D eigenvalue weighted by molar-refractivity contribution is 6.32. The summed E-state index contributed by atoms with van der Waals surface area (Å²) in [6, 6.07) is 17.9. The van der Waals surface area contributed by atoms with Crippen molar-refractivity contribution in [2.45, 2.75) is 12.0 Å². The van der Waals surface area contributed by atoms with Crippen LogP contribution in [0.15, 0.2) is 60.7 Å². The monoisotopic (exact) mass is 471 g/mol. The molecule has 0 fully saturated rings. The molecule has 31 heavy (non-hydrogen) atoms. The Morgan fingerprint density at radius 2 is 1.58 bits per heavy atom. The number of halogens is 3. The van der Waals surface area contributed by atoms with Crippen molar-refractivity contribution in [3.8, 4) is 0 Å². The highest BCUT2D eigenvalue weighted by atomic mass is 35.5. The first kappa shape index (κ1) is 20.2. The zero-order valence-corrected chi connectivity index (χ0v) is 18.4. The maximum absolute atomic E-state index is 13.7. The summed E-state index contributed by atoms with van der Waals surface area (Å²) < 4.78 is 0. The van der Waals surface area contributed by atoms with E-state index in [9.17, 15) is 9.59 Å². The van der Waals surface area contributed by atoms with Crippen LogP contribution >= 0.6 is 34.8 Å². The summed E-state index contributed by atoms with van der Waals surface area (Å²) in [4.78, 5) is 28.1. The van der Waals surface area contributed by atoms with Gasteiger partial charge in [-0.05, 0) is 48.0 Å². The summed E-state index contributed by atoms with van der Waals surface area (Å²) >= 11 is 18.7. The van der Waals surface area contributed by atoms with E-state index in [2.05, 4.69) is 10.6 Å². The Kier molecular flexibility index (Phi) is 4.85. The van der Waals surface area contributed by atoms with Crippen LogP contribution < -0.4 is 15.5 Å². The van der Waals surface area contributed by atoms with Gasteiger partial charge in [0.05, 0.1) is 17.9 Å². The number of anilines is 3. The number of rotatable bonds is 3. The van der Waals surface area contributed by atoms with Gasteiger partial charge in [0.25, 0.3) is 5.91 Å². The maximum atomic E-state index is 13.7. The van der Waals surface area contributed by atoms with Crippen LogP contribution in [0, 0.1) is 0 Å². The number of fused-ring (bicyclic) bond motifs is 2. The summed E-state index contributed by atoms with van der Waals surface area (Å²) in [6.45, 7) is -0.0105. The van der Waals surface area contributed by atoms with E-state index in [1.165, 1.54) is 0 Å². The predicted octanol–water partition coefficient (Wildman–Crippen LogP) is 5.50. The molecule has 0 radical (unpaired) electrons. The lowest BCUT2D eigenvalue weighted by molar-refractivity contribution is -0.121. The molecule has 0 saturated heterocycles. The lowest BCUT2D eigenvalue weighted by Gasteiger charge is -2.44. The Morgan fingerprint density at radius 1 is 0.839 bits per heavy atom. The van der Waals surface area contributed by atoms with Crippen molar-refractivity contribution in [2.75, 3.05) is 22.1 Å². The van der Waals surface area contributed by atoms with E-state index in [4.69, 9.17) is 34.8 Å². The van der Waals surface area contributed by atoms with E-state index in [1.54, 1.807) is 36.4 Å². The number of hydrogen-bond donors (Lipinski definition) is 2. The third-order valence-corrected chi connectivity index (χ3v) is 6.39. The third kappa shape index (κ3) is 3.33. The second-order valence-corrected chi connectivity index (χ2v) is 8.92. The molecule has 2 aliphatic heterocycles. The fourth-order valence-electron chi connectivity index (χ4n) is 4.40. The van der Waals surface area contributed by atoms with Crippen LogP contribution in [0.25, 0.3) is 0 Å². The Hall–Kier alpha value is -2.73. The molecule has 3 aromatic rings. The van der Waals surface area contributed by atoms with Gasteiger partial charge in [-0.2, -0.15) is 0 Å². The van der Waals surface area contributed by atoms with Crippen molar-refractivity contribution in [2.24, 2.45) is 0 Å². The Labute approximate surface area is 193 Å². The number of nitrogens with one attached hydrogen (secondary N) is 2. The van der Waals surface area contributed by atoms with Crippen molar-refractivity contribution in [3.63, 3.8) is 0 Å². The summed E-state index contributed by atoms with van der Waals surface area (Å²) in [6.07, 6.45) is 0.299. The first-order chi connectivity index (χ1) is 14.9. The molecule has 0 bridgehead atoms. The van der Waals surface area contributed by atoms with E-state index in [0.717, 1.165) is 11.1 Å². The van der Waals surface area contributed by atoms with Gasteiger partial charge < -0.3 is 15.5 Å². The Balaban J connectivity index is 1.76. The van der Waals surface area contributed by atoms with Crippen LogP contribution in [0.4, 0.5) is 17.1 Å². The number of amides is 2. The SMILES string of the molecule is O=C1CN(C2(Cc3cccc(Cl)c3)C(=O)Nc3cc(Cl)ccc32)c2cc(Cl)ccc2N1. The molecule has 0 aromatic heterocycles. The maximum Gasteiger partial charge on any atom is 0.255 e. The normalized spacial score (nSPS) is 19.5. The van der Waals surface area contributed by atoms with Gasteiger partial charge in [0.2, 0.25) is 5.91 Å². The summed E-state index contributed by atoms with van der Waals surface area (Å²) in [5.41, 5.74) is 2.30. The average Bonchev–Trinajstić information content (AvgIpc) is 2.99. The molecule has 5 nitrogen and oxygen atoms in total. The molecule has 0 spiro atoms. The van der Waals surface area contributed by atoms with Gasteiger partial charge >= 0.3 is 0 Å². The van der Waals surface area contributed by atoms with Gasteiger partial charge in [0.15, 0.2) is 5.54 Å². The van der Waals surface area contributed by atoms with Crippen LogP contribution in [-0.2, 0) is 21.5 Å². The molecule has 1 unspecified atom stereocenters. The second kappa shape index (κ2) is 7.45. The third-order valence-electron chi connectivity index (χ3n) is 5.69. The molecular weight excluding hydrogens is 457 g/mol. The molecule has 8 heteroatoms. The van der Waals surface area contributed by atoms with Crippen LogP contribution in [-0.4, -0.2) is 18.4 Å². The van der Waals surface area contributed by atoms with E-state index in [1.807, 2.05) is 29.2 Å². The van der Waals surface area contributed by atoms with Crippen LogP contribution in [0.1, 0.15) is 11.1 Å². The highest BCUT2D eigenvalue weighted by Crippen LogP contribution is 2.48. The molecule has 1 atom stereocenters. The minimum atomic E-state index is -1.19. The van der Waals surface area contributed by atoms with Crippen molar-refractivity contribution in [1.29, 1.82) is 0 Å². The number of carbonyl (C=O) groups excluding carboxylic acids is 2. The topological polar surface area (TPSA) is 61.4 Å². The zero-order chi connectivity index (χ0) is 21.8. The molecule has 5 rings (SSSR count). The summed E-state index contributed by atoms with van der Waals surface area (Å²) in [5.74, 6) is -0.458. The molecule has 3 aromatic carbocycles. The van der Waals surface area contributed by atoms with Crippen LogP contribution in [0.2, 0.25) is 15.1 Å². The lowest BCUT2D eigenvalue weighted by atomic mass is 9.82. The summed E-state index contributed by atoms with van der Waals surface area (Å²) in [7, 11) is 0. The average molecular weight is 473 g/mol. The highest BCUT2D eigenvalue weighted by Gasteiger charge is 2.53. The summed E-state index contributed by atoms with van der Waals surface area (Å²) in [5, 5.41) is 7.41. The number of carbonyl (C=O) groups is 2. The van der Waals surface area contributed by atoms with E-state index < -0.39 is 5.54 Å². The van der Waals surface area contributed by atoms with Crippen molar-refractivity contribution in [3.05, 3.63) is 86.9 Å². The molecule has 0 aliphatic carbocycles. The Morgan fingerprint density at radius 3 is 2.39 bits per heavy atom. The van der Waals surface area contributed by atoms with Crippen LogP contribution in [0.5, 0.6) is 0 Å². The molecule has 2 N–H and O–H groups in total. The molecule has 2 amide bonds.